The standard InChI is InChI=1S/C28H31FN6O4S/c1-16-23(33-28(37)21-12-7-18(14-22(21)29)17-5-6-17)4-3-13-35(16)24-15-31-25(26(30)36)27(34-24)32-19-8-10-20(11-9-19)40(2,38)39/h7-12,14-17,23H,3-6,13H2,1-2H3,(H2,30,36)(H,32,34)(H,33,37)/t16-,23-/m1/s1. The van der Waals surface area contributed by atoms with Crippen LogP contribution in [0.3, 0.4) is 0 Å². The molecule has 10 nitrogen and oxygen atoms in total. The van der Waals surface area contributed by atoms with E-state index in [4.69, 9.17) is 5.73 Å². The third-order valence-corrected chi connectivity index (χ3v) is 8.55. The highest BCUT2D eigenvalue weighted by Crippen LogP contribution is 2.40. The summed E-state index contributed by atoms with van der Waals surface area (Å²) in [5.74, 6) is -0.781. The fourth-order valence-electron chi connectivity index (χ4n) is 5.00. The number of halogens is 1. The van der Waals surface area contributed by atoms with Gasteiger partial charge in [-0.2, -0.15) is 0 Å². The average Bonchev–Trinajstić information content (AvgIpc) is 3.75. The van der Waals surface area contributed by atoms with Crippen LogP contribution in [0.5, 0.6) is 0 Å². The van der Waals surface area contributed by atoms with Gasteiger partial charge in [0.05, 0.1) is 16.7 Å². The third kappa shape index (κ3) is 5.91. The van der Waals surface area contributed by atoms with Crippen LogP contribution in [0.4, 0.5) is 21.7 Å². The Morgan fingerprint density at radius 3 is 2.45 bits per heavy atom. The Kier molecular flexibility index (Phi) is 7.45. The molecule has 0 bridgehead atoms. The van der Waals surface area contributed by atoms with Crippen molar-refractivity contribution in [1.82, 2.24) is 15.3 Å². The molecule has 2 fully saturated rings. The molecule has 210 valence electrons. The monoisotopic (exact) mass is 566 g/mol. The Labute approximate surface area is 232 Å². The molecule has 0 unspecified atom stereocenters. The molecule has 3 aromatic rings. The van der Waals surface area contributed by atoms with Gasteiger partial charge in [-0.3, -0.25) is 9.59 Å². The molecule has 4 N–H and O–H groups in total. The molecule has 0 spiro atoms. The summed E-state index contributed by atoms with van der Waals surface area (Å²) >= 11 is 0. The first-order valence-corrected chi connectivity index (χ1v) is 15.0. The zero-order chi connectivity index (χ0) is 28.6. The van der Waals surface area contributed by atoms with Crippen molar-refractivity contribution in [2.75, 3.05) is 23.0 Å². The summed E-state index contributed by atoms with van der Waals surface area (Å²) in [4.78, 5) is 36.0. The first-order chi connectivity index (χ1) is 19.0. The second kappa shape index (κ2) is 10.8. The number of anilines is 3. The lowest BCUT2D eigenvalue weighted by atomic mass is 9.96. The summed E-state index contributed by atoms with van der Waals surface area (Å²) in [5, 5.41) is 5.99. The number of carbonyl (C=O) groups is 2. The number of carbonyl (C=O) groups excluding carboxylic acids is 2. The van der Waals surface area contributed by atoms with Crippen molar-refractivity contribution in [2.24, 2.45) is 5.73 Å². The molecule has 1 aliphatic heterocycles. The van der Waals surface area contributed by atoms with Crippen LogP contribution in [0.15, 0.2) is 53.6 Å². The molecule has 1 saturated carbocycles. The van der Waals surface area contributed by atoms with Gasteiger partial charge in [0.2, 0.25) is 0 Å². The number of nitrogens with two attached hydrogens (primary N) is 1. The maximum Gasteiger partial charge on any atom is 0.271 e. The maximum absolute atomic E-state index is 14.7. The first kappa shape index (κ1) is 27.5. The van der Waals surface area contributed by atoms with Crippen LogP contribution >= 0.6 is 0 Å². The number of sulfone groups is 1. The van der Waals surface area contributed by atoms with Crippen molar-refractivity contribution < 1.29 is 22.4 Å². The third-order valence-electron chi connectivity index (χ3n) is 7.42. The molecule has 12 heteroatoms. The van der Waals surface area contributed by atoms with E-state index in [1.807, 2.05) is 17.9 Å². The van der Waals surface area contributed by atoms with E-state index in [1.54, 1.807) is 18.2 Å². The number of nitrogens with zero attached hydrogens (tertiary/aromatic N) is 3. The Balaban J connectivity index is 1.34. The highest BCUT2D eigenvalue weighted by Gasteiger charge is 2.32. The molecule has 2 heterocycles. The van der Waals surface area contributed by atoms with Crippen molar-refractivity contribution >= 4 is 39.0 Å². The molecule has 5 rings (SSSR count). The van der Waals surface area contributed by atoms with E-state index in [0.717, 1.165) is 31.1 Å². The minimum atomic E-state index is -3.37. The van der Waals surface area contributed by atoms with Gasteiger partial charge in [0.1, 0.15) is 11.6 Å². The number of nitrogens with one attached hydrogen (secondary N) is 2. The van der Waals surface area contributed by atoms with E-state index in [9.17, 15) is 22.4 Å². The lowest BCUT2D eigenvalue weighted by Gasteiger charge is -2.40. The zero-order valence-electron chi connectivity index (χ0n) is 22.2. The van der Waals surface area contributed by atoms with Crippen LogP contribution in [-0.4, -0.2) is 55.1 Å². The average molecular weight is 567 g/mol. The van der Waals surface area contributed by atoms with Crippen LogP contribution in [0.1, 0.15) is 64.9 Å². The number of amides is 2. The molecule has 1 aliphatic carbocycles. The SMILES string of the molecule is C[C@@H]1[C@H](NC(=O)c2ccc(C3CC3)cc2F)CCCN1c1cnc(C(N)=O)c(Nc2ccc(S(C)(=O)=O)cc2)n1. The quantitative estimate of drug-likeness (QED) is 0.375. The van der Waals surface area contributed by atoms with Gasteiger partial charge in [-0.25, -0.2) is 22.8 Å². The number of primary amides is 1. The minimum Gasteiger partial charge on any atom is -0.364 e. The molecule has 2 amide bonds. The van der Waals surface area contributed by atoms with Gasteiger partial charge in [-0.05, 0) is 80.5 Å². The Morgan fingerprint density at radius 1 is 1.10 bits per heavy atom. The van der Waals surface area contributed by atoms with E-state index < -0.39 is 27.5 Å². The summed E-state index contributed by atoms with van der Waals surface area (Å²) in [7, 11) is -3.37. The normalized spacial score (nSPS) is 19.2. The van der Waals surface area contributed by atoms with E-state index in [1.165, 1.54) is 24.4 Å². The Hall–Kier alpha value is -4.06. The minimum absolute atomic E-state index is 0.0210. The maximum atomic E-state index is 14.7. The number of aromatic nitrogens is 2. The largest absolute Gasteiger partial charge is 0.364 e. The number of benzene rings is 2. The summed E-state index contributed by atoms with van der Waals surface area (Å²) in [5.41, 5.74) is 6.90. The van der Waals surface area contributed by atoms with Gasteiger partial charge in [0, 0.05) is 30.6 Å². The van der Waals surface area contributed by atoms with Gasteiger partial charge < -0.3 is 21.3 Å². The summed E-state index contributed by atoms with van der Waals surface area (Å²) in [6.07, 6.45) is 6.12. The van der Waals surface area contributed by atoms with Crippen LogP contribution in [-0.2, 0) is 9.84 Å². The predicted molar refractivity (Wildman–Crippen MR) is 149 cm³/mol. The molecule has 2 aliphatic rings. The molecule has 40 heavy (non-hydrogen) atoms. The molecule has 1 aromatic heterocycles. The van der Waals surface area contributed by atoms with Crippen LogP contribution in [0.25, 0.3) is 0 Å². The summed E-state index contributed by atoms with van der Waals surface area (Å²) in [6.45, 7) is 2.57. The highest BCUT2D eigenvalue weighted by molar-refractivity contribution is 7.90. The fraction of sp³-hybridized carbons (Fsp3) is 0.357. The van der Waals surface area contributed by atoms with E-state index in [-0.39, 0.29) is 34.1 Å². The first-order valence-electron chi connectivity index (χ1n) is 13.1. The van der Waals surface area contributed by atoms with Crippen molar-refractivity contribution in [2.45, 2.75) is 55.5 Å². The Bertz CT molecular complexity index is 1560. The lowest BCUT2D eigenvalue weighted by Crippen LogP contribution is -2.54. The smallest absolute Gasteiger partial charge is 0.271 e. The van der Waals surface area contributed by atoms with Gasteiger partial charge in [0.25, 0.3) is 11.8 Å². The van der Waals surface area contributed by atoms with Gasteiger partial charge >= 0.3 is 0 Å². The molecular weight excluding hydrogens is 535 g/mol. The van der Waals surface area contributed by atoms with E-state index >= 15 is 0 Å². The summed E-state index contributed by atoms with van der Waals surface area (Å²) in [6, 6.07) is 10.4. The number of hydrogen-bond acceptors (Lipinski definition) is 8. The molecule has 0 radical (unpaired) electrons. The fourth-order valence-corrected chi connectivity index (χ4v) is 5.63. The van der Waals surface area contributed by atoms with Crippen molar-refractivity contribution in [3.8, 4) is 0 Å². The van der Waals surface area contributed by atoms with E-state index in [0.29, 0.717) is 30.4 Å². The van der Waals surface area contributed by atoms with Crippen LogP contribution in [0, 0.1) is 5.82 Å². The Morgan fingerprint density at radius 2 is 1.82 bits per heavy atom. The van der Waals surface area contributed by atoms with E-state index in [2.05, 4.69) is 20.6 Å². The van der Waals surface area contributed by atoms with Gasteiger partial charge in [-0.15, -0.1) is 0 Å². The zero-order valence-corrected chi connectivity index (χ0v) is 23.0. The van der Waals surface area contributed by atoms with Crippen LogP contribution < -0.4 is 21.3 Å². The highest BCUT2D eigenvalue weighted by atomic mass is 32.2. The van der Waals surface area contributed by atoms with Gasteiger partial charge in [0.15, 0.2) is 21.3 Å². The van der Waals surface area contributed by atoms with Crippen molar-refractivity contribution in [1.29, 1.82) is 0 Å². The van der Waals surface area contributed by atoms with Crippen LogP contribution in [0.2, 0.25) is 0 Å². The summed E-state index contributed by atoms with van der Waals surface area (Å²) < 4.78 is 38.3. The second-order valence-corrected chi connectivity index (χ2v) is 12.4. The number of rotatable bonds is 8. The number of piperidine rings is 1. The number of hydrogen-bond donors (Lipinski definition) is 3. The lowest BCUT2D eigenvalue weighted by molar-refractivity contribution is 0.0919. The molecular formula is C28H31FN6O4S. The molecule has 1 saturated heterocycles. The molecule has 2 atom stereocenters. The second-order valence-electron chi connectivity index (χ2n) is 10.4. The van der Waals surface area contributed by atoms with Crippen molar-refractivity contribution in [3.05, 3.63) is 71.3 Å². The van der Waals surface area contributed by atoms with Crippen molar-refractivity contribution in [3.63, 3.8) is 0 Å². The molecule has 2 aromatic carbocycles. The van der Waals surface area contributed by atoms with Gasteiger partial charge in [-0.1, -0.05) is 6.07 Å². The predicted octanol–water partition coefficient (Wildman–Crippen LogP) is 3.53. The topological polar surface area (TPSA) is 147 Å².